The first-order chi connectivity index (χ1) is 5.46. The molecule has 1 rings (SSSR count). The molecule has 0 bridgehead atoms. The molecule has 2 heteroatoms. The Hall–Kier alpha value is -0.370. The highest BCUT2D eigenvalue weighted by atomic mass is 16.1. The zero-order chi connectivity index (χ0) is 9.35. The molecule has 1 heterocycles. The summed E-state index contributed by atoms with van der Waals surface area (Å²) < 4.78 is 0. The van der Waals surface area contributed by atoms with Crippen molar-refractivity contribution >= 4 is 5.78 Å². The van der Waals surface area contributed by atoms with E-state index < -0.39 is 0 Å². The molecular weight excluding hydrogens is 150 g/mol. The molecule has 0 radical (unpaired) electrons. The van der Waals surface area contributed by atoms with E-state index in [-0.39, 0.29) is 5.54 Å². The maximum absolute atomic E-state index is 11.6. The zero-order valence-corrected chi connectivity index (χ0v) is 8.55. The van der Waals surface area contributed by atoms with Gasteiger partial charge in [-0.2, -0.15) is 0 Å². The second-order valence-electron chi connectivity index (χ2n) is 4.37. The zero-order valence-electron chi connectivity index (χ0n) is 8.55. The Kier molecular flexibility index (Phi) is 2.57. The van der Waals surface area contributed by atoms with Gasteiger partial charge >= 0.3 is 0 Å². The maximum Gasteiger partial charge on any atom is 0.152 e. The van der Waals surface area contributed by atoms with Crippen LogP contribution in [-0.4, -0.2) is 28.8 Å². The highest BCUT2D eigenvalue weighted by Gasteiger charge is 2.38. The summed E-state index contributed by atoms with van der Waals surface area (Å²) in [4.78, 5) is 13.9. The third kappa shape index (κ3) is 1.53. The number of hydrogen-bond acceptors (Lipinski definition) is 2. The van der Waals surface area contributed by atoms with Gasteiger partial charge in [0.2, 0.25) is 0 Å². The number of hydrogen-bond donors (Lipinski definition) is 0. The van der Waals surface area contributed by atoms with Crippen LogP contribution in [0, 0.1) is 0 Å². The van der Waals surface area contributed by atoms with E-state index in [9.17, 15) is 4.79 Å². The predicted molar refractivity (Wildman–Crippen MR) is 50.2 cm³/mol. The summed E-state index contributed by atoms with van der Waals surface area (Å²) >= 11 is 0. The number of Topliss-reactive ketones (excluding diaryl/α,β-unsaturated/α-hetero) is 1. The summed E-state index contributed by atoms with van der Waals surface area (Å²) in [5.74, 6) is 0.391. The third-order valence-corrected chi connectivity index (χ3v) is 2.83. The van der Waals surface area contributed by atoms with E-state index >= 15 is 0 Å². The van der Waals surface area contributed by atoms with E-state index in [0.717, 1.165) is 19.4 Å². The quantitative estimate of drug-likeness (QED) is 0.597. The van der Waals surface area contributed by atoms with E-state index in [0.29, 0.717) is 11.8 Å². The van der Waals surface area contributed by atoms with Crippen LogP contribution in [0.2, 0.25) is 0 Å². The van der Waals surface area contributed by atoms with Crippen molar-refractivity contribution in [3.05, 3.63) is 0 Å². The van der Waals surface area contributed by atoms with Crippen molar-refractivity contribution in [3.8, 4) is 0 Å². The van der Waals surface area contributed by atoms with Gasteiger partial charge in [-0.1, -0.05) is 0 Å². The maximum atomic E-state index is 11.6. The Morgan fingerprint density at radius 3 is 2.42 bits per heavy atom. The van der Waals surface area contributed by atoms with Crippen LogP contribution in [0.1, 0.15) is 40.5 Å². The molecule has 0 unspecified atom stereocenters. The van der Waals surface area contributed by atoms with Crippen LogP contribution < -0.4 is 0 Å². The number of piperidine rings is 1. The van der Waals surface area contributed by atoms with Crippen molar-refractivity contribution in [2.45, 2.75) is 52.1 Å². The Morgan fingerprint density at radius 1 is 1.42 bits per heavy atom. The van der Waals surface area contributed by atoms with Gasteiger partial charge < -0.3 is 0 Å². The van der Waals surface area contributed by atoms with Crippen molar-refractivity contribution in [1.82, 2.24) is 4.90 Å². The highest BCUT2D eigenvalue weighted by molar-refractivity contribution is 5.88. The lowest BCUT2D eigenvalue weighted by molar-refractivity contribution is -0.134. The van der Waals surface area contributed by atoms with E-state index in [2.05, 4.69) is 18.7 Å². The van der Waals surface area contributed by atoms with Crippen LogP contribution in [0.3, 0.4) is 0 Å². The first kappa shape index (κ1) is 9.72. The number of nitrogens with zero attached hydrogens (tertiary/aromatic N) is 1. The van der Waals surface area contributed by atoms with Gasteiger partial charge in [-0.05, 0) is 40.7 Å². The van der Waals surface area contributed by atoms with Gasteiger partial charge in [-0.15, -0.1) is 0 Å². The van der Waals surface area contributed by atoms with Gasteiger partial charge in [0.15, 0.2) is 5.78 Å². The molecule has 0 N–H and O–H groups in total. The van der Waals surface area contributed by atoms with Crippen molar-refractivity contribution in [1.29, 1.82) is 0 Å². The van der Waals surface area contributed by atoms with Crippen LogP contribution in [-0.2, 0) is 4.79 Å². The van der Waals surface area contributed by atoms with Gasteiger partial charge in [-0.3, -0.25) is 9.69 Å². The van der Waals surface area contributed by atoms with Gasteiger partial charge in [0.05, 0.1) is 5.54 Å². The molecule has 1 fully saturated rings. The lowest BCUT2D eigenvalue weighted by Crippen LogP contribution is -2.56. The molecule has 2 nitrogen and oxygen atoms in total. The fourth-order valence-corrected chi connectivity index (χ4v) is 2.06. The van der Waals surface area contributed by atoms with Crippen LogP contribution in [0.5, 0.6) is 0 Å². The number of rotatable bonds is 1. The summed E-state index contributed by atoms with van der Waals surface area (Å²) in [6.45, 7) is 9.44. The average Bonchev–Trinajstić information content (AvgIpc) is 1.94. The Morgan fingerprint density at radius 2 is 2.00 bits per heavy atom. The molecule has 12 heavy (non-hydrogen) atoms. The van der Waals surface area contributed by atoms with E-state index in [1.54, 1.807) is 0 Å². The fraction of sp³-hybridized carbons (Fsp3) is 0.900. The SMILES string of the molecule is CC(C)N1CCCC(=O)C1(C)C. The van der Waals surface area contributed by atoms with Crippen molar-refractivity contribution < 1.29 is 4.79 Å². The minimum Gasteiger partial charge on any atom is -0.298 e. The molecule has 0 atom stereocenters. The molecule has 0 aliphatic carbocycles. The second kappa shape index (κ2) is 3.17. The Balaban J connectivity index is 2.79. The predicted octanol–water partition coefficient (Wildman–Crippen LogP) is 1.84. The summed E-state index contributed by atoms with van der Waals surface area (Å²) in [6, 6.07) is 0.476. The lowest BCUT2D eigenvalue weighted by Gasteiger charge is -2.43. The fourth-order valence-electron chi connectivity index (χ4n) is 2.06. The smallest absolute Gasteiger partial charge is 0.152 e. The molecule has 0 aromatic heterocycles. The summed E-state index contributed by atoms with van der Waals surface area (Å²) in [5, 5.41) is 0. The molecular formula is C10H19NO. The van der Waals surface area contributed by atoms with Gasteiger partial charge in [0, 0.05) is 12.5 Å². The van der Waals surface area contributed by atoms with Gasteiger partial charge in [0.1, 0.15) is 0 Å². The van der Waals surface area contributed by atoms with E-state index in [4.69, 9.17) is 0 Å². The second-order valence-corrected chi connectivity index (χ2v) is 4.37. The van der Waals surface area contributed by atoms with E-state index in [1.807, 2.05) is 13.8 Å². The van der Waals surface area contributed by atoms with Crippen molar-refractivity contribution in [2.75, 3.05) is 6.54 Å². The number of carbonyl (C=O) groups excluding carboxylic acids is 1. The van der Waals surface area contributed by atoms with Crippen molar-refractivity contribution in [3.63, 3.8) is 0 Å². The summed E-state index contributed by atoms with van der Waals surface area (Å²) in [7, 11) is 0. The van der Waals surface area contributed by atoms with Crippen LogP contribution in [0.25, 0.3) is 0 Å². The molecule has 0 spiro atoms. The molecule has 0 amide bonds. The summed E-state index contributed by atoms with van der Waals surface area (Å²) in [5.41, 5.74) is -0.230. The van der Waals surface area contributed by atoms with Crippen LogP contribution in [0.15, 0.2) is 0 Å². The molecule has 70 valence electrons. The first-order valence-corrected chi connectivity index (χ1v) is 4.76. The van der Waals surface area contributed by atoms with Gasteiger partial charge in [0.25, 0.3) is 0 Å². The minimum absolute atomic E-state index is 0.230. The Bertz CT molecular complexity index is 184. The largest absolute Gasteiger partial charge is 0.298 e. The van der Waals surface area contributed by atoms with E-state index in [1.165, 1.54) is 0 Å². The van der Waals surface area contributed by atoms with Gasteiger partial charge in [-0.25, -0.2) is 0 Å². The number of carbonyl (C=O) groups is 1. The number of likely N-dealkylation sites (tertiary alicyclic amines) is 1. The standard InChI is InChI=1S/C10H19NO/c1-8(2)11-7-5-6-9(12)10(11,3)4/h8H,5-7H2,1-4H3. The van der Waals surface area contributed by atoms with Crippen LogP contribution in [0.4, 0.5) is 0 Å². The minimum atomic E-state index is -0.230. The molecule has 0 aromatic rings. The van der Waals surface area contributed by atoms with Crippen LogP contribution >= 0.6 is 0 Å². The average molecular weight is 169 g/mol. The monoisotopic (exact) mass is 169 g/mol. The number of ketones is 1. The lowest BCUT2D eigenvalue weighted by atomic mass is 9.88. The third-order valence-electron chi connectivity index (χ3n) is 2.83. The Labute approximate surface area is 74.9 Å². The molecule has 1 saturated heterocycles. The molecule has 1 aliphatic heterocycles. The summed E-state index contributed by atoms with van der Waals surface area (Å²) in [6.07, 6.45) is 1.79. The molecule has 0 saturated carbocycles. The molecule has 0 aromatic carbocycles. The normalized spacial score (nSPS) is 24.9. The first-order valence-electron chi connectivity index (χ1n) is 4.76. The molecule has 1 aliphatic rings. The highest BCUT2D eigenvalue weighted by Crippen LogP contribution is 2.25. The van der Waals surface area contributed by atoms with Crippen molar-refractivity contribution in [2.24, 2.45) is 0 Å². The topological polar surface area (TPSA) is 20.3 Å².